The Morgan fingerprint density at radius 3 is 2.69 bits per heavy atom. The number of nitrogens with zero attached hydrogens (tertiary/aromatic N) is 2. The molecule has 1 heterocycles. The number of hydrogen-bond acceptors (Lipinski definition) is 3. The molecule has 3 aromatic rings. The molecule has 0 atom stereocenters. The molecule has 2 aromatic carbocycles. The van der Waals surface area contributed by atoms with Gasteiger partial charge in [0.05, 0.1) is 18.5 Å². The quantitative estimate of drug-likeness (QED) is 0.317. The second-order valence-corrected chi connectivity index (χ2v) is 6.00. The third-order valence-electron chi connectivity index (χ3n) is 3.87. The van der Waals surface area contributed by atoms with Crippen LogP contribution in [0.25, 0.3) is 22.2 Å². The predicted molar refractivity (Wildman–Crippen MR) is 108 cm³/mol. The fourth-order valence-corrected chi connectivity index (χ4v) is 2.77. The molecule has 3 rings (SSSR count). The van der Waals surface area contributed by atoms with Crippen molar-refractivity contribution in [1.82, 2.24) is 15.7 Å². The zero-order valence-corrected chi connectivity index (χ0v) is 15.1. The first-order valence-electron chi connectivity index (χ1n) is 8.20. The summed E-state index contributed by atoms with van der Waals surface area (Å²) in [6.07, 6.45) is 1.76. The summed E-state index contributed by atoms with van der Waals surface area (Å²) in [5, 5.41) is 17.9. The molecule has 4 N–H and O–H groups in total. The van der Waals surface area contributed by atoms with Crippen molar-refractivity contribution in [3.05, 3.63) is 59.1 Å². The lowest BCUT2D eigenvalue weighted by Gasteiger charge is -2.06. The molecule has 6 nitrogen and oxygen atoms in total. The van der Waals surface area contributed by atoms with Crippen molar-refractivity contribution in [3.63, 3.8) is 0 Å². The molecule has 0 fully saturated rings. The van der Waals surface area contributed by atoms with E-state index < -0.39 is 0 Å². The molecular formula is C19H20ClN5O. The Labute approximate surface area is 156 Å². The van der Waals surface area contributed by atoms with Gasteiger partial charge < -0.3 is 15.4 Å². The van der Waals surface area contributed by atoms with Crippen LogP contribution < -0.4 is 10.7 Å². The van der Waals surface area contributed by atoms with Gasteiger partial charge in [0, 0.05) is 35.1 Å². The minimum Gasteiger partial charge on any atom is -0.395 e. The van der Waals surface area contributed by atoms with E-state index in [4.69, 9.17) is 16.7 Å². The lowest BCUT2D eigenvalue weighted by atomic mass is 10.1. The van der Waals surface area contributed by atoms with E-state index in [1.807, 2.05) is 48.5 Å². The fourth-order valence-electron chi connectivity index (χ4n) is 2.64. The number of aromatic amines is 1. The average Bonchev–Trinajstić information content (AvgIpc) is 3.04. The number of hydrogen-bond donors (Lipinski definition) is 4. The first-order valence-corrected chi connectivity index (χ1v) is 8.58. The van der Waals surface area contributed by atoms with Gasteiger partial charge in [-0.2, -0.15) is 5.10 Å². The highest BCUT2D eigenvalue weighted by molar-refractivity contribution is 6.30. The van der Waals surface area contributed by atoms with Gasteiger partial charge in [0.15, 0.2) is 0 Å². The maximum Gasteiger partial charge on any atom is 0.211 e. The Hall–Kier alpha value is -2.83. The Morgan fingerprint density at radius 1 is 1.19 bits per heavy atom. The molecule has 1 aromatic heterocycles. The number of halogens is 1. The van der Waals surface area contributed by atoms with E-state index in [1.165, 1.54) is 0 Å². The molecule has 0 amide bonds. The van der Waals surface area contributed by atoms with Crippen molar-refractivity contribution in [2.45, 2.75) is 0 Å². The summed E-state index contributed by atoms with van der Waals surface area (Å²) in [5.74, 6) is 0.489. The molecule has 0 aliphatic rings. The highest BCUT2D eigenvalue weighted by atomic mass is 35.5. The van der Waals surface area contributed by atoms with Gasteiger partial charge in [-0.1, -0.05) is 41.9 Å². The second-order valence-electron chi connectivity index (χ2n) is 5.56. The smallest absolute Gasteiger partial charge is 0.211 e. The Kier molecular flexibility index (Phi) is 5.88. The van der Waals surface area contributed by atoms with Gasteiger partial charge in [-0.25, -0.2) is 5.43 Å². The normalized spacial score (nSPS) is 12.0. The van der Waals surface area contributed by atoms with E-state index in [0.29, 0.717) is 17.5 Å². The SMILES string of the molecule is CN=C(NCCO)NN=Cc1c(-c2ccc(Cl)cc2)[nH]c2ccccc12. The molecule has 0 radical (unpaired) electrons. The summed E-state index contributed by atoms with van der Waals surface area (Å²) in [5.41, 5.74) is 6.84. The molecule has 7 heteroatoms. The summed E-state index contributed by atoms with van der Waals surface area (Å²) in [4.78, 5) is 7.49. The number of para-hydroxylation sites is 1. The number of aromatic nitrogens is 1. The molecular weight excluding hydrogens is 350 g/mol. The van der Waals surface area contributed by atoms with E-state index in [-0.39, 0.29) is 6.61 Å². The molecule has 134 valence electrons. The highest BCUT2D eigenvalue weighted by Crippen LogP contribution is 2.29. The summed E-state index contributed by atoms with van der Waals surface area (Å²) < 4.78 is 0. The van der Waals surface area contributed by atoms with E-state index >= 15 is 0 Å². The largest absolute Gasteiger partial charge is 0.395 e. The van der Waals surface area contributed by atoms with Crippen molar-refractivity contribution in [2.24, 2.45) is 10.1 Å². The third-order valence-corrected chi connectivity index (χ3v) is 4.12. The molecule has 0 bridgehead atoms. The molecule has 0 unspecified atom stereocenters. The van der Waals surface area contributed by atoms with Gasteiger partial charge >= 0.3 is 0 Å². The van der Waals surface area contributed by atoms with Crippen molar-refractivity contribution in [1.29, 1.82) is 0 Å². The second kappa shape index (κ2) is 8.51. The maximum atomic E-state index is 8.89. The summed E-state index contributed by atoms with van der Waals surface area (Å²) in [7, 11) is 1.65. The molecule has 0 saturated heterocycles. The molecule has 26 heavy (non-hydrogen) atoms. The minimum atomic E-state index is 0.0214. The van der Waals surface area contributed by atoms with E-state index in [9.17, 15) is 0 Å². The molecule has 0 aliphatic heterocycles. The van der Waals surface area contributed by atoms with Gasteiger partial charge in [0.2, 0.25) is 5.96 Å². The third kappa shape index (κ3) is 4.04. The Morgan fingerprint density at radius 2 is 1.96 bits per heavy atom. The van der Waals surface area contributed by atoms with Gasteiger partial charge in [0.1, 0.15) is 0 Å². The number of benzene rings is 2. The zero-order chi connectivity index (χ0) is 18.4. The van der Waals surface area contributed by atoms with E-state index in [1.54, 1.807) is 13.3 Å². The number of nitrogens with one attached hydrogen (secondary N) is 3. The number of aliphatic hydroxyl groups excluding tert-OH is 1. The first kappa shape index (κ1) is 18.0. The molecule has 0 aliphatic carbocycles. The maximum absolute atomic E-state index is 8.89. The number of fused-ring (bicyclic) bond motifs is 1. The lowest BCUT2D eigenvalue weighted by Crippen LogP contribution is -2.35. The number of aliphatic hydroxyl groups is 1. The Balaban J connectivity index is 1.94. The van der Waals surface area contributed by atoms with Crippen LogP contribution in [0.2, 0.25) is 5.02 Å². The van der Waals surface area contributed by atoms with Crippen LogP contribution in [-0.2, 0) is 0 Å². The summed E-state index contributed by atoms with van der Waals surface area (Å²) in [6, 6.07) is 15.7. The monoisotopic (exact) mass is 369 g/mol. The molecule has 0 saturated carbocycles. The van der Waals surface area contributed by atoms with Crippen LogP contribution in [0, 0.1) is 0 Å². The predicted octanol–water partition coefficient (Wildman–Crippen LogP) is 2.98. The van der Waals surface area contributed by atoms with Crippen molar-refractivity contribution in [3.8, 4) is 11.3 Å². The van der Waals surface area contributed by atoms with Crippen LogP contribution in [0.15, 0.2) is 58.6 Å². The molecule has 0 spiro atoms. The van der Waals surface area contributed by atoms with Crippen LogP contribution in [-0.4, -0.2) is 42.5 Å². The van der Waals surface area contributed by atoms with Crippen LogP contribution in [0.4, 0.5) is 0 Å². The van der Waals surface area contributed by atoms with Crippen LogP contribution in [0.5, 0.6) is 0 Å². The number of H-pyrrole nitrogens is 1. The van der Waals surface area contributed by atoms with E-state index in [0.717, 1.165) is 27.7 Å². The topological polar surface area (TPSA) is 84.8 Å². The van der Waals surface area contributed by atoms with Gasteiger partial charge in [-0.15, -0.1) is 0 Å². The fraction of sp³-hybridized carbons (Fsp3) is 0.158. The zero-order valence-electron chi connectivity index (χ0n) is 14.3. The van der Waals surface area contributed by atoms with Gasteiger partial charge in [0.25, 0.3) is 0 Å². The van der Waals surface area contributed by atoms with Crippen molar-refractivity contribution < 1.29 is 5.11 Å². The minimum absolute atomic E-state index is 0.0214. The first-order chi connectivity index (χ1) is 12.7. The van der Waals surface area contributed by atoms with Crippen LogP contribution in [0.1, 0.15) is 5.56 Å². The lowest BCUT2D eigenvalue weighted by molar-refractivity contribution is 0.300. The van der Waals surface area contributed by atoms with E-state index in [2.05, 4.69) is 25.8 Å². The van der Waals surface area contributed by atoms with Crippen molar-refractivity contribution in [2.75, 3.05) is 20.2 Å². The Bertz CT molecular complexity index is 931. The average molecular weight is 370 g/mol. The number of rotatable bonds is 5. The summed E-state index contributed by atoms with van der Waals surface area (Å²) in [6.45, 7) is 0.423. The standard InChI is InChI=1S/C19H20ClN5O/c1-21-19(22-10-11-26)25-23-12-16-15-4-2-3-5-17(15)24-18(16)13-6-8-14(20)9-7-13/h2-9,12,24,26H,10-11H2,1H3,(H2,21,22,25). The number of hydrazone groups is 1. The van der Waals surface area contributed by atoms with Crippen LogP contribution >= 0.6 is 11.6 Å². The number of aliphatic imine (C=N–C) groups is 1. The highest BCUT2D eigenvalue weighted by Gasteiger charge is 2.11. The van der Waals surface area contributed by atoms with Crippen molar-refractivity contribution >= 4 is 34.7 Å². The number of guanidine groups is 1. The van der Waals surface area contributed by atoms with Gasteiger partial charge in [-0.3, -0.25) is 4.99 Å². The van der Waals surface area contributed by atoms with Gasteiger partial charge in [-0.05, 0) is 23.8 Å². The summed E-state index contributed by atoms with van der Waals surface area (Å²) >= 11 is 6.01. The van der Waals surface area contributed by atoms with Crippen LogP contribution in [0.3, 0.4) is 0 Å².